The number of hydrogen-bond donors (Lipinski definition) is 1. The van der Waals surface area contributed by atoms with E-state index in [1.165, 1.54) is 10.5 Å². The highest BCUT2D eigenvalue weighted by molar-refractivity contribution is 7.99. The molecule has 2 rings (SSSR count). The third-order valence-electron chi connectivity index (χ3n) is 3.91. The summed E-state index contributed by atoms with van der Waals surface area (Å²) >= 11 is 1.81. The lowest BCUT2D eigenvalue weighted by Crippen LogP contribution is -2.44. The number of aryl methyl sites for hydroxylation is 1. The van der Waals surface area contributed by atoms with E-state index in [-0.39, 0.29) is 6.04 Å². The van der Waals surface area contributed by atoms with Crippen molar-refractivity contribution < 1.29 is 14.6 Å². The summed E-state index contributed by atoms with van der Waals surface area (Å²) in [6, 6.07) is 8.51. The Kier molecular flexibility index (Phi) is 6.08. The summed E-state index contributed by atoms with van der Waals surface area (Å²) in [4.78, 5) is 14.7. The third kappa shape index (κ3) is 4.46. The molecule has 0 radical (unpaired) electrons. The van der Waals surface area contributed by atoms with Crippen LogP contribution in [0.5, 0.6) is 0 Å². The third-order valence-corrected chi connectivity index (χ3v) is 4.90. The molecule has 5 heteroatoms. The Morgan fingerprint density at radius 3 is 2.71 bits per heavy atom. The Morgan fingerprint density at radius 1 is 1.38 bits per heavy atom. The molecule has 1 fully saturated rings. The number of aliphatic carboxylic acids is 1. The molecule has 21 heavy (non-hydrogen) atoms. The van der Waals surface area contributed by atoms with Crippen LogP contribution in [0, 0.1) is 12.8 Å². The van der Waals surface area contributed by atoms with Crippen molar-refractivity contribution in [1.82, 2.24) is 4.90 Å². The van der Waals surface area contributed by atoms with Crippen molar-refractivity contribution >= 4 is 17.7 Å². The van der Waals surface area contributed by atoms with E-state index in [1.807, 2.05) is 11.8 Å². The SMILES string of the molecule is CCN(CCSc1ccc(C)cc1)C1COCC1C(=O)O. The molecule has 2 unspecified atom stereocenters. The van der Waals surface area contributed by atoms with E-state index < -0.39 is 11.9 Å². The maximum Gasteiger partial charge on any atom is 0.310 e. The highest BCUT2D eigenvalue weighted by atomic mass is 32.2. The minimum Gasteiger partial charge on any atom is -0.481 e. The van der Waals surface area contributed by atoms with Gasteiger partial charge < -0.3 is 9.84 Å². The molecule has 1 aromatic rings. The fourth-order valence-corrected chi connectivity index (χ4v) is 3.50. The Morgan fingerprint density at radius 2 is 2.10 bits per heavy atom. The molecule has 1 N–H and O–H groups in total. The highest BCUT2D eigenvalue weighted by Gasteiger charge is 2.37. The zero-order valence-corrected chi connectivity index (χ0v) is 13.4. The number of ether oxygens (including phenoxy) is 1. The van der Waals surface area contributed by atoms with Gasteiger partial charge in [0.25, 0.3) is 0 Å². The summed E-state index contributed by atoms with van der Waals surface area (Å²) in [6.45, 7) is 6.76. The lowest BCUT2D eigenvalue weighted by Gasteiger charge is -2.28. The number of thioether (sulfide) groups is 1. The molecule has 116 valence electrons. The van der Waals surface area contributed by atoms with Crippen LogP contribution in [0.3, 0.4) is 0 Å². The predicted octanol–water partition coefficient (Wildman–Crippen LogP) is 2.51. The average Bonchev–Trinajstić information content (AvgIpc) is 2.95. The maximum atomic E-state index is 11.2. The average molecular weight is 309 g/mol. The van der Waals surface area contributed by atoms with Crippen LogP contribution < -0.4 is 0 Å². The minimum atomic E-state index is -0.748. The van der Waals surface area contributed by atoms with Gasteiger partial charge in [-0.1, -0.05) is 24.6 Å². The van der Waals surface area contributed by atoms with Gasteiger partial charge in [-0.15, -0.1) is 11.8 Å². The van der Waals surface area contributed by atoms with Crippen molar-refractivity contribution in [3.63, 3.8) is 0 Å². The fourth-order valence-electron chi connectivity index (χ4n) is 2.61. The minimum absolute atomic E-state index is 0.00566. The van der Waals surface area contributed by atoms with Gasteiger partial charge in [0, 0.05) is 23.2 Å². The van der Waals surface area contributed by atoms with Crippen LogP contribution in [0.15, 0.2) is 29.2 Å². The van der Waals surface area contributed by atoms with Crippen LogP contribution in [0.1, 0.15) is 12.5 Å². The number of likely N-dealkylation sites (N-methyl/N-ethyl adjacent to an activating group) is 1. The lowest BCUT2D eigenvalue weighted by atomic mass is 10.0. The van der Waals surface area contributed by atoms with Crippen molar-refractivity contribution in [2.24, 2.45) is 5.92 Å². The molecular weight excluding hydrogens is 286 g/mol. The molecule has 1 saturated heterocycles. The van der Waals surface area contributed by atoms with Crippen LogP contribution >= 0.6 is 11.8 Å². The van der Waals surface area contributed by atoms with Crippen LogP contribution in [0.25, 0.3) is 0 Å². The van der Waals surface area contributed by atoms with Gasteiger partial charge in [0.05, 0.1) is 19.1 Å². The van der Waals surface area contributed by atoms with Crippen molar-refractivity contribution in [2.45, 2.75) is 24.8 Å². The van der Waals surface area contributed by atoms with Crippen molar-refractivity contribution in [3.8, 4) is 0 Å². The second-order valence-electron chi connectivity index (χ2n) is 5.34. The maximum absolute atomic E-state index is 11.2. The second-order valence-corrected chi connectivity index (χ2v) is 6.51. The van der Waals surface area contributed by atoms with Crippen molar-refractivity contribution in [2.75, 3.05) is 32.1 Å². The van der Waals surface area contributed by atoms with Crippen LogP contribution in [0.4, 0.5) is 0 Å². The summed E-state index contributed by atoms with van der Waals surface area (Å²) < 4.78 is 5.36. The molecule has 0 amide bonds. The Balaban J connectivity index is 1.85. The van der Waals surface area contributed by atoms with Gasteiger partial charge in [-0.05, 0) is 25.6 Å². The number of carbonyl (C=O) groups is 1. The normalized spacial score (nSPS) is 21.9. The van der Waals surface area contributed by atoms with E-state index in [2.05, 4.69) is 43.0 Å². The summed E-state index contributed by atoms with van der Waals surface area (Å²) in [5.41, 5.74) is 1.27. The van der Waals surface area contributed by atoms with E-state index >= 15 is 0 Å². The fraction of sp³-hybridized carbons (Fsp3) is 0.562. The molecular formula is C16H23NO3S. The van der Waals surface area contributed by atoms with E-state index in [4.69, 9.17) is 4.74 Å². The van der Waals surface area contributed by atoms with Gasteiger partial charge in [-0.25, -0.2) is 0 Å². The van der Waals surface area contributed by atoms with Crippen LogP contribution in [0.2, 0.25) is 0 Å². The smallest absolute Gasteiger partial charge is 0.310 e. The van der Waals surface area contributed by atoms with Crippen molar-refractivity contribution in [3.05, 3.63) is 29.8 Å². The zero-order valence-electron chi connectivity index (χ0n) is 12.6. The Bertz CT molecular complexity index is 463. The lowest BCUT2D eigenvalue weighted by molar-refractivity contribution is -0.143. The summed E-state index contributed by atoms with van der Waals surface area (Å²) in [5.74, 6) is -0.184. The molecule has 0 aliphatic carbocycles. The molecule has 1 aliphatic rings. The summed E-state index contributed by atoms with van der Waals surface area (Å²) in [6.07, 6.45) is 0. The first-order valence-corrected chi connectivity index (χ1v) is 8.34. The largest absolute Gasteiger partial charge is 0.481 e. The number of hydrogen-bond acceptors (Lipinski definition) is 4. The zero-order chi connectivity index (χ0) is 15.2. The highest BCUT2D eigenvalue weighted by Crippen LogP contribution is 2.22. The number of rotatable bonds is 7. The molecule has 1 heterocycles. The summed E-state index contributed by atoms with van der Waals surface area (Å²) in [5, 5.41) is 9.25. The van der Waals surface area contributed by atoms with Crippen LogP contribution in [-0.4, -0.2) is 54.1 Å². The van der Waals surface area contributed by atoms with Gasteiger partial charge in [0.15, 0.2) is 0 Å². The monoisotopic (exact) mass is 309 g/mol. The second kappa shape index (κ2) is 7.82. The van der Waals surface area contributed by atoms with Gasteiger partial charge >= 0.3 is 5.97 Å². The van der Waals surface area contributed by atoms with E-state index in [9.17, 15) is 9.90 Å². The Hall–Kier alpha value is -1.04. The number of carboxylic acids is 1. The molecule has 0 bridgehead atoms. The van der Waals surface area contributed by atoms with E-state index in [0.29, 0.717) is 13.2 Å². The molecule has 0 saturated carbocycles. The molecule has 0 spiro atoms. The van der Waals surface area contributed by atoms with Crippen molar-refractivity contribution in [1.29, 1.82) is 0 Å². The number of carboxylic acid groups (broad SMARTS) is 1. The standard InChI is InChI=1S/C16H23NO3S/c1-3-17(15-11-20-10-14(15)16(18)19)8-9-21-13-6-4-12(2)5-7-13/h4-7,14-15H,3,8-11H2,1-2H3,(H,18,19). The molecule has 1 aromatic carbocycles. The van der Waals surface area contributed by atoms with E-state index in [0.717, 1.165) is 18.8 Å². The van der Waals surface area contributed by atoms with Gasteiger partial charge in [0.1, 0.15) is 0 Å². The topological polar surface area (TPSA) is 49.8 Å². The number of benzene rings is 1. The molecule has 4 nitrogen and oxygen atoms in total. The predicted molar refractivity (Wildman–Crippen MR) is 84.9 cm³/mol. The van der Waals surface area contributed by atoms with Gasteiger partial charge in [-0.3, -0.25) is 9.69 Å². The quantitative estimate of drug-likeness (QED) is 0.784. The molecule has 2 atom stereocenters. The van der Waals surface area contributed by atoms with Crippen LogP contribution in [-0.2, 0) is 9.53 Å². The van der Waals surface area contributed by atoms with Gasteiger partial charge in [0.2, 0.25) is 0 Å². The summed E-state index contributed by atoms with van der Waals surface area (Å²) in [7, 11) is 0. The first-order valence-electron chi connectivity index (χ1n) is 7.36. The Labute approximate surface area is 130 Å². The first kappa shape index (κ1) is 16.3. The molecule has 0 aromatic heterocycles. The van der Waals surface area contributed by atoms with Gasteiger partial charge in [-0.2, -0.15) is 0 Å². The first-order chi connectivity index (χ1) is 10.1. The number of nitrogens with zero attached hydrogens (tertiary/aromatic N) is 1. The van der Waals surface area contributed by atoms with E-state index in [1.54, 1.807) is 0 Å². The molecule has 1 aliphatic heterocycles.